The second kappa shape index (κ2) is 5.68. The molecule has 1 aliphatic heterocycles. The van der Waals surface area contributed by atoms with Gasteiger partial charge in [-0.15, -0.1) is 0 Å². The first kappa shape index (κ1) is 11.9. The molecule has 1 aromatic carbocycles. The number of nitrogens with one attached hydrogen (secondary N) is 1. The van der Waals surface area contributed by atoms with Crippen LogP contribution in [0.4, 0.5) is 0 Å². The molecule has 1 heterocycles. The molecule has 92 valence electrons. The summed E-state index contributed by atoms with van der Waals surface area (Å²) in [4.78, 5) is 10.8. The summed E-state index contributed by atoms with van der Waals surface area (Å²) in [6.07, 6.45) is 2.25. The number of piperidine rings is 1. The van der Waals surface area contributed by atoms with Crippen LogP contribution in [0.1, 0.15) is 23.2 Å². The lowest BCUT2D eigenvalue weighted by molar-refractivity contribution is 0.0696. The van der Waals surface area contributed by atoms with Crippen LogP contribution in [0.25, 0.3) is 0 Å². The van der Waals surface area contributed by atoms with E-state index in [9.17, 15) is 4.79 Å². The molecule has 1 saturated heterocycles. The molecular formula is C13H17NO3. The van der Waals surface area contributed by atoms with Crippen molar-refractivity contribution in [2.75, 3.05) is 19.7 Å². The van der Waals surface area contributed by atoms with Crippen molar-refractivity contribution in [1.82, 2.24) is 5.32 Å². The summed E-state index contributed by atoms with van der Waals surface area (Å²) in [5.41, 5.74) is 0.271. The fraction of sp³-hybridized carbons (Fsp3) is 0.462. The lowest BCUT2D eigenvalue weighted by Crippen LogP contribution is -2.30. The average molecular weight is 235 g/mol. The number of benzene rings is 1. The molecule has 4 heteroatoms. The van der Waals surface area contributed by atoms with Gasteiger partial charge < -0.3 is 15.2 Å². The molecule has 0 bridgehead atoms. The van der Waals surface area contributed by atoms with Gasteiger partial charge in [-0.3, -0.25) is 0 Å². The molecule has 17 heavy (non-hydrogen) atoms. The second-order valence-electron chi connectivity index (χ2n) is 4.34. The summed E-state index contributed by atoms with van der Waals surface area (Å²) < 4.78 is 5.65. The van der Waals surface area contributed by atoms with Crippen molar-refractivity contribution in [3.63, 3.8) is 0 Å². The quantitative estimate of drug-likeness (QED) is 0.835. The Labute approximate surface area is 101 Å². The summed E-state index contributed by atoms with van der Waals surface area (Å²) in [5.74, 6) is 0.297. The van der Waals surface area contributed by atoms with Gasteiger partial charge in [0.25, 0.3) is 0 Å². The van der Waals surface area contributed by atoms with Crippen LogP contribution >= 0.6 is 0 Å². The normalized spacial score (nSPS) is 16.7. The zero-order chi connectivity index (χ0) is 12.1. The number of rotatable bonds is 4. The highest BCUT2D eigenvalue weighted by molar-refractivity contribution is 5.87. The number of aromatic carboxylic acids is 1. The van der Waals surface area contributed by atoms with Crippen LogP contribution in [0.5, 0.6) is 5.75 Å². The summed E-state index contributed by atoms with van der Waals surface area (Å²) in [5, 5.41) is 12.2. The van der Waals surface area contributed by atoms with Gasteiger partial charge in [0.1, 0.15) is 5.75 Å². The van der Waals surface area contributed by atoms with Gasteiger partial charge in [0, 0.05) is 0 Å². The molecular weight excluding hydrogens is 218 g/mol. The Morgan fingerprint density at radius 2 is 2.18 bits per heavy atom. The second-order valence-corrected chi connectivity index (χ2v) is 4.34. The van der Waals surface area contributed by atoms with Crippen LogP contribution in [-0.2, 0) is 0 Å². The Bertz CT molecular complexity index is 386. The molecule has 0 atom stereocenters. The van der Waals surface area contributed by atoms with Crippen molar-refractivity contribution >= 4 is 5.97 Å². The summed E-state index contributed by atoms with van der Waals surface area (Å²) in [6.45, 7) is 2.76. The highest BCUT2D eigenvalue weighted by Crippen LogP contribution is 2.17. The maximum Gasteiger partial charge on any atom is 0.335 e. The maximum absolute atomic E-state index is 10.8. The summed E-state index contributed by atoms with van der Waals surface area (Å²) in [6, 6.07) is 6.65. The predicted molar refractivity (Wildman–Crippen MR) is 64.5 cm³/mol. The van der Waals surface area contributed by atoms with E-state index in [2.05, 4.69) is 5.32 Å². The van der Waals surface area contributed by atoms with Crippen LogP contribution in [0.3, 0.4) is 0 Å². The predicted octanol–water partition coefficient (Wildman–Crippen LogP) is 1.76. The Kier molecular flexibility index (Phi) is 3.98. The lowest BCUT2D eigenvalue weighted by atomic mass is 9.99. The molecule has 1 fully saturated rings. The number of carboxylic acid groups (broad SMARTS) is 1. The molecule has 2 N–H and O–H groups in total. The van der Waals surface area contributed by atoms with Crippen LogP contribution in [0.2, 0.25) is 0 Å². The number of carboxylic acids is 1. The molecule has 4 nitrogen and oxygen atoms in total. The van der Waals surface area contributed by atoms with Crippen molar-refractivity contribution in [3.05, 3.63) is 29.8 Å². The van der Waals surface area contributed by atoms with E-state index in [1.807, 2.05) is 0 Å². The van der Waals surface area contributed by atoms with Crippen LogP contribution in [0.15, 0.2) is 24.3 Å². The number of hydrogen-bond acceptors (Lipinski definition) is 3. The first-order valence-corrected chi connectivity index (χ1v) is 5.92. The number of carbonyl (C=O) groups is 1. The van der Waals surface area contributed by atoms with E-state index in [1.165, 1.54) is 0 Å². The Balaban J connectivity index is 1.89. The third kappa shape index (κ3) is 3.46. The van der Waals surface area contributed by atoms with E-state index in [-0.39, 0.29) is 5.56 Å². The molecule has 0 aliphatic carbocycles. The zero-order valence-electron chi connectivity index (χ0n) is 9.69. The standard InChI is InChI=1S/C13H17NO3/c15-13(16)11-2-1-3-12(8-11)17-9-10-4-6-14-7-5-10/h1-3,8,10,14H,4-7,9H2,(H,15,16). The summed E-state index contributed by atoms with van der Waals surface area (Å²) >= 11 is 0. The van der Waals surface area contributed by atoms with Gasteiger partial charge >= 0.3 is 5.97 Å². The first-order valence-electron chi connectivity index (χ1n) is 5.92. The van der Waals surface area contributed by atoms with Crippen LogP contribution < -0.4 is 10.1 Å². The Morgan fingerprint density at radius 1 is 1.41 bits per heavy atom. The fourth-order valence-corrected chi connectivity index (χ4v) is 1.98. The molecule has 0 saturated carbocycles. The molecule has 1 aromatic rings. The molecule has 0 unspecified atom stereocenters. The SMILES string of the molecule is O=C(O)c1cccc(OCC2CCNCC2)c1. The van der Waals surface area contributed by atoms with Gasteiger partial charge in [-0.2, -0.15) is 0 Å². The summed E-state index contributed by atoms with van der Waals surface area (Å²) in [7, 11) is 0. The molecule has 2 rings (SSSR count). The van der Waals surface area contributed by atoms with Gasteiger partial charge in [0.05, 0.1) is 12.2 Å². The Morgan fingerprint density at radius 3 is 2.88 bits per heavy atom. The number of hydrogen-bond donors (Lipinski definition) is 2. The molecule has 1 aliphatic rings. The molecule has 0 radical (unpaired) electrons. The molecule has 0 amide bonds. The molecule has 0 spiro atoms. The number of ether oxygens (including phenoxy) is 1. The van der Waals surface area contributed by atoms with Gasteiger partial charge in [0.15, 0.2) is 0 Å². The van der Waals surface area contributed by atoms with Crippen molar-refractivity contribution in [1.29, 1.82) is 0 Å². The minimum Gasteiger partial charge on any atom is -0.493 e. The van der Waals surface area contributed by atoms with Crippen molar-refractivity contribution in [2.45, 2.75) is 12.8 Å². The lowest BCUT2D eigenvalue weighted by Gasteiger charge is -2.22. The maximum atomic E-state index is 10.8. The van der Waals surface area contributed by atoms with Gasteiger partial charge in [-0.25, -0.2) is 4.79 Å². The van der Waals surface area contributed by atoms with E-state index in [0.29, 0.717) is 18.3 Å². The van der Waals surface area contributed by atoms with E-state index in [0.717, 1.165) is 25.9 Å². The van der Waals surface area contributed by atoms with E-state index in [4.69, 9.17) is 9.84 Å². The highest BCUT2D eigenvalue weighted by Gasteiger charge is 2.13. The minimum absolute atomic E-state index is 0.271. The van der Waals surface area contributed by atoms with Crippen molar-refractivity contribution in [3.8, 4) is 5.75 Å². The van der Waals surface area contributed by atoms with E-state index in [1.54, 1.807) is 24.3 Å². The van der Waals surface area contributed by atoms with Crippen molar-refractivity contribution in [2.24, 2.45) is 5.92 Å². The van der Waals surface area contributed by atoms with Crippen molar-refractivity contribution < 1.29 is 14.6 Å². The average Bonchev–Trinajstić information content (AvgIpc) is 2.38. The first-order chi connectivity index (χ1) is 8.25. The largest absolute Gasteiger partial charge is 0.493 e. The highest BCUT2D eigenvalue weighted by atomic mass is 16.5. The topological polar surface area (TPSA) is 58.6 Å². The zero-order valence-corrected chi connectivity index (χ0v) is 9.69. The minimum atomic E-state index is -0.919. The molecule has 0 aromatic heterocycles. The third-order valence-electron chi connectivity index (χ3n) is 3.03. The van der Waals surface area contributed by atoms with Crippen LogP contribution in [-0.4, -0.2) is 30.8 Å². The van der Waals surface area contributed by atoms with Gasteiger partial charge in [0.2, 0.25) is 0 Å². The van der Waals surface area contributed by atoms with E-state index >= 15 is 0 Å². The third-order valence-corrected chi connectivity index (χ3v) is 3.03. The monoisotopic (exact) mass is 235 g/mol. The van der Waals surface area contributed by atoms with E-state index < -0.39 is 5.97 Å². The van der Waals surface area contributed by atoms with Gasteiger partial charge in [-0.05, 0) is 50.0 Å². The Hall–Kier alpha value is -1.55. The smallest absolute Gasteiger partial charge is 0.335 e. The van der Waals surface area contributed by atoms with Crippen LogP contribution in [0, 0.1) is 5.92 Å². The van der Waals surface area contributed by atoms with Gasteiger partial charge in [-0.1, -0.05) is 6.07 Å². The fourth-order valence-electron chi connectivity index (χ4n) is 1.98.